The number of carbonyl (C=O) groups excluding carboxylic acids is 2. The predicted molar refractivity (Wildman–Crippen MR) is 110 cm³/mol. The van der Waals surface area contributed by atoms with Crippen molar-refractivity contribution in [1.29, 1.82) is 0 Å². The van der Waals surface area contributed by atoms with Crippen molar-refractivity contribution in [2.24, 2.45) is 5.73 Å². The summed E-state index contributed by atoms with van der Waals surface area (Å²) < 4.78 is 36.9. The summed E-state index contributed by atoms with van der Waals surface area (Å²) in [6.45, 7) is 0.714. The maximum atomic E-state index is 11.9. The van der Waals surface area contributed by atoms with E-state index in [1.807, 2.05) is 48.5 Å². The lowest BCUT2D eigenvalue weighted by molar-refractivity contribution is -0.192. The number of alkyl halides is 3. The maximum absolute atomic E-state index is 11.9. The fourth-order valence-corrected chi connectivity index (χ4v) is 2.35. The van der Waals surface area contributed by atoms with Crippen molar-refractivity contribution in [3.8, 4) is 0 Å². The number of halogens is 3. The molecule has 0 bridgehead atoms. The smallest absolute Gasteiger partial charge is 0.475 e. The largest absolute Gasteiger partial charge is 0.490 e. The molecule has 1 atom stereocenters. The van der Waals surface area contributed by atoms with E-state index in [0.29, 0.717) is 6.54 Å². The third-order valence-electron chi connectivity index (χ3n) is 3.99. The third kappa shape index (κ3) is 11.7. The molecule has 174 valence electrons. The minimum Gasteiger partial charge on any atom is -0.475 e. The number of benzene rings is 2. The Bertz CT molecular complexity index is 846. The van der Waals surface area contributed by atoms with E-state index in [-0.39, 0.29) is 18.9 Å². The third-order valence-corrected chi connectivity index (χ3v) is 3.99. The Morgan fingerprint density at radius 2 is 1.47 bits per heavy atom. The molecule has 0 saturated heterocycles. The number of nitrogens with one attached hydrogen (secondary N) is 1. The molecule has 2 aromatic carbocycles. The van der Waals surface area contributed by atoms with Gasteiger partial charge in [0.05, 0.1) is 12.5 Å². The van der Waals surface area contributed by atoms with Gasteiger partial charge in [0, 0.05) is 6.54 Å². The van der Waals surface area contributed by atoms with Crippen LogP contribution in [-0.4, -0.2) is 41.7 Å². The average Bonchev–Trinajstić information content (AvgIpc) is 2.76. The molecule has 0 fully saturated rings. The van der Waals surface area contributed by atoms with E-state index >= 15 is 0 Å². The lowest BCUT2D eigenvalue weighted by Crippen LogP contribution is -2.42. The summed E-state index contributed by atoms with van der Waals surface area (Å²) in [5.41, 5.74) is 7.89. The van der Waals surface area contributed by atoms with Crippen molar-refractivity contribution >= 4 is 17.8 Å². The van der Waals surface area contributed by atoms with Crippen LogP contribution in [0.4, 0.5) is 13.2 Å². The zero-order valence-electron chi connectivity index (χ0n) is 17.2. The van der Waals surface area contributed by atoms with Gasteiger partial charge in [0.25, 0.3) is 0 Å². The van der Waals surface area contributed by atoms with E-state index in [9.17, 15) is 22.8 Å². The summed E-state index contributed by atoms with van der Waals surface area (Å²) in [5.74, 6) is -3.56. The van der Waals surface area contributed by atoms with Crippen LogP contribution in [0.5, 0.6) is 0 Å². The second kappa shape index (κ2) is 13.8. The van der Waals surface area contributed by atoms with Crippen LogP contribution in [-0.2, 0) is 32.1 Å². The van der Waals surface area contributed by atoms with Gasteiger partial charge in [0.15, 0.2) is 0 Å². The van der Waals surface area contributed by atoms with Crippen molar-refractivity contribution in [2.45, 2.75) is 38.1 Å². The van der Waals surface area contributed by atoms with E-state index in [1.54, 1.807) is 0 Å². The molecule has 2 aromatic rings. The Morgan fingerprint density at radius 1 is 0.969 bits per heavy atom. The normalized spacial score (nSPS) is 11.5. The maximum Gasteiger partial charge on any atom is 0.490 e. The van der Waals surface area contributed by atoms with Crippen LogP contribution in [0.1, 0.15) is 24.0 Å². The molecule has 0 aliphatic carbocycles. The molecule has 0 aliphatic rings. The summed E-state index contributed by atoms with van der Waals surface area (Å²) in [7, 11) is 0. The first-order chi connectivity index (χ1) is 15.1. The van der Waals surface area contributed by atoms with Gasteiger partial charge in [-0.05, 0) is 24.0 Å². The first-order valence-electron chi connectivity index (χ1n) is 9.66. The highest BCUT2D eigenvalue weighted by Crippen LogP contribution is 2.13. The standard InChI is InChI=1S/C20H24N2O3.C2HF3O2/c21-18(14-19(23)25-15-17-10-5-2-6-11-17)20(24)22-13-7-12-16-8-3-1-4-9-16;3-2(4,5)1(6)7/h1-6,8-11,18H,7,12-15,21H2,(H,22,24);(H,6,7)/t18-;/m0./s1. The quantitative estimate of drug-likeness (QED) is 0.396. The fourth-order valence-electron chi connectivity index (χ4n) is 2.35. The minimum absolute atomic E-state index is 0.128. The molecule has 1 amide bonds. The SMILES string of the molecule is N[C@@H](CC(=O)OCc1ccccc1)C(=O)NCCCc1ccccc1.O=C(O)C(F)(F)F. The molecule has 0 spiro atoms. The molecule has 0 aliphatic heterocycles. The van der Waals surface area contributed by atoms with E-state index in [4.69, 9.17) is 20.4 Å². The number of amides is 1. The molecule has 0 saturated carbocycles. The average molecular weight is 454 g/mol. The van der Waals surface area contributed by atoms with Crippen LogP contribution in [0, 0.1) is 0 Å². The van der Waals surface area contributed by atoms with Gasteiger partial charge < -0.3 is 20.9 Å². The van der Waals surface area contributed by atoms with Gasteiger partial charge in [0.1, 0.15) is 6.61 Å². The number of carboxylic acid groups (broad SMARTS) is 1. The van der Waals surface area contributed by atoms with Crippen LogP contribution < -0.4 is 11.1 Å². The Balaban J connectivity index is 0.000000633. The van der Waals surface area contributed by atoms with Crippen LogP contribution in [0.3, 0.4) is 0 Å². The van der Waals surface area contributed by atoms with Gasteiger partial charge in [-0.15, -0.1) is 0 Å². The van der Waals surface area contributed by atoms with Gasteiger partial charge in [-0.3, -0.25) is 9.59 Å². The van der Waals surface area contributed by atoms with E-state index in [0.717, 1.165) is 18.4 Å². The highest BCUT2D eigenvalue weighted by Gasteiger charge is 2.38. The fraction of sp³-hybridized carbons (Fsp3) is 0.318. The van der Waals surface area contributed by atoms with Gasteiger partial charge in [-0.25, -0.2) is 4.79 Å². The van der Waals surface area contributed by atoms with Crippen LogP contribution in [0.15, 0.2) is 60.7 Å². The number of rotatable bonds is 9. The highest BCUT2D eigenvalue weighted by molar-refractivity contribution is 5.86. The Morgan fingerprint density at radius 3 is 1.97 bits per heavy atom. The topological polar surface area (TPSA) is 119 Å². The predicted octanol–water partition coefficient (Wildman–Crippen LogP) is 2.83. The van der Waals surface area contributed by atoms with E-state index in [1.165, 1.54) is 5.56 Å². The van der Waals surface area contributed by atoms with Crippen molar-refractivity contribution < 1.29 is 37.4 Å². The molecule has 32 heavy (non-hydrogen) atoms. The monoisotopic (exact) mass is 454 g/mol. The van der Waals surface area contributed by atoms with Gasteiger partial charge >= 0.3 is 18.1 Å². The number of hydrogen-bond acceptors (Lipinski definition) is 5. The molecule has 10 heteroatoms. The molecular formula is C22H25F3N2O5. The molecule has 4 N–H and O–H groups in total. The molecule has 0 unspecified atom stereocenters. The summed E-state index contributed by atoms with van der Waals surface area (Å²) >= 11 is 0. The molecular weight excluding hydrogens is 429 g/mol. The van der Waals surface area contributed by atoms with Crippen molar-refractivity contribution in [1.82, 2.24) is 5.32 Å². The first kappa shape index (κ1) is 26.6. The summed E-state index contributed by atoms with van der Waals surface area (Å²) in [6, 6.07) is 18.5. The van der Waals surface area contributed by atoms with Gasteiger partial charge in [0.2, 0.25) is 5.91 Å². The van der Waals surface area contributed by atoms with Crippen molar-refractivity contribution in [3.63, 3.8) is 0 Å². The van der Waals surface area contributed by atoms with E-state index in [2.05, 4.69) is 17.4 Å². The second-order valence-electron chi connectivity index (χ2n) is 6.64. The summed E-state index contributed by atoms with van der Waals surface area (Å²) in [6.07, 6.45) is -3.51. The van der Waals surface area contributed by atoms with Gasteiger partial charge in [-0.1, -0.05) is 60.7 Å². The van der Waals surface area contributed by atoms with Gasteiger partial charge in [-0.2, -0.15) is 13.2 Å². The number of nitrogens with two attached hydrogens (primary N) is 1. The molecule has 0 radical (unpaired) electrons. The number of hydrogen-bond donors (Lipinski definition) is 3. The number of carboxylic acids is 1. The van der Waals surface area contributed by atoms with Crippen LogP contribution >= 0.6 is 0 Å². The zero-order valence-corrected chi connectivity index (χ0v) is 17.2. The number of aliphatic carboxylic acids is 1. The number of esters is 1. The zero-order chi connectivity index (χ0) is 24.0. The Kier molecular flexibility index (Phi) is 11.5. The van der Waals surface area contributed by atoms with Crippen LogP contribution in [0.2, 0.25) is 0 Å². The Labute approximate surface area is 183 Å². The second-order valence-corrected chi connectivity index (χ2v) is 6.64. The number of aryl methyl sites for hydroxylation is 1. The molecule has 0 aromatic heterocycles. The van der Waals surface area contributed by atoms with E-state index < -0.39 is 24.2 Å². The molecule has 2 rings (SSSR count). The van der Waals surface area contributed by atoms with Crippen LogP contribution in [0.25, 0.3) is 0 Å². The molecule has 7 nitrogen and oxygen atoms in total. The number of carbonyl (C=O) groups is 3. The van der Waals surface area contributed by atoms with Crippen molar-refractivity contribution in [3.05, 3.63) is 71.8 Å². The Hall–Kier alpha value is -3.40. The highest BCUT2D eigenvalue weighted by atomic mass is 19.4. The lowest BCUT2D eigenvalue weighted by atomic mass is 10.1. The lowest BCUT2D eigenvalue weighted by Gasteiger charge is -2.12. The number of ether oxygens (including phenoxy) is 1. The summed E-state index contributed by atoms with van der Waals surface area (Å²) in [5, 5.41) is 9.89. The van der Waals surface area contributed by atoms with Crippen molar-refractivity contribution in [2.75, 3.05) is 6.54 Å². The summed E-state index contributed by atoms with van der Waals surface area (Å²) in [4.78, 5) is 32.6. The minimum atomic E-state index is -5.08. The molecule has 0 heterocycles. The first-order valence-corrected chi connectivity index (χ1v) is 9.66.